The lowest BCUT2D eigenvalue weighted by atomic mass is 9.97. The van der Waals surface area contributed by atoms with E-state index in [0.717, 1.165) is 51.2 Å². The summed E-state index contributed by atoms with van der Waals surface area (Å²) in [5, 5.41) is 3.37. The molecule has 1 N–H and O–H groups in total. The van der Waals surface area contributed by atoms with Gasteiger partial charge in [0.05, 0.1) is 5.56 Å². The first-order valence-corrected chi connectivity index (χ1v) is 7.25. The summed E-state index contributed by atoms with van der Waals surface area (Å²) < 4.78 is 5.25. The van der Waals surface area contributed by atoms with Gasteiger partial charge in [0.2, 0.25) is 0 Å². The molecule has 0 radical (unpaired) electrons. The highest BCUT2D eigenvalue weighted by Gasteiger charge is 2.22. The molecule has 106 valence electrons. The fourth-order valence-electron chi connectivity index (χ4n) is 2.66. The molecule has 1 saturated heterocycles. The van der Waals surface area contributed by atoms with Crippen LogP contribution in [0.25, 0.3) is 0 Å². The molecule has 0 bridgehead atoms. The second-order valence-electron chi connectivity index (χ2n) is 5.39. The van der Waals surface area contributed by atoms with Gasteiger partial charge in [-0.25, -0.2) is 0 Å². The van der Waals surface area contributed by atoms with E-state index in [-0.39, 0.29) is 5.91 Å². The molecule has 4 heteroatoms. The minimum absolute atomic E-state index is 0.109. The minimum atomic E-state index is 0.109. The van der Waals surface area contributed by atoms with Crippen molar-refractivity contribution in [3.05, 3.63) is 23.7 Å². The molecule has 1 fully saturated rings. The van der Waals surface area contributed by atoms with Gasteiger partial charge in [0.25, 0.3) is 5.91 Å². The lowest BCUT2D eigenvalue weighted by Gasteiger charge is -2.29. The third-order valence-corrected chi connectivity index (χ3v) is 3.70. The number of carbonyl (C=O) groups is 1. The number of furan rings is 1. The van der Waals surface area contributed by atoms with E-state index in [9.17, 15) is 4.79 Å². The molecular weight excluding hydrogens is 240 g/mol. The van der Waals surface area contributed by atoms with Crippen LogP contribution in [0.1, 0.15) is 42.3 Å². The SMILES string of the molecule is CCCN(CC1CCNCC1)C(=O)c1coc(C)c1. The van der Waals surface area contributed by atoms with Crippen molar-refractivity contribution < 1.29 is 9.21 Å². The van der Waals surface area contributed by atoms with Crippen molar-refractivity contribution in [2.45, 2.75) is 33.1 Å². The highest BCUT2D eigenvalue weighted by Crippen LogP contribution is 2.17. The number of aryl methyl sites for hydroxylation is 1. The summed E-state index contributed by atoms with van der Waals surface area (Å²) >= 11 is 0. The average Bonchev–Trinajstić information content (AvgIpc) is 2.85. The van der Waals surface area contributed by atoms with E-state index < -0.39 is 0 Å². The van der Waals surface area contributed by atoms with Gasteiger partial charge in [0.15, 0.2) is 0 Å². The average molecular weight is 264 g/mol. The van der Waals surface area contributed by atoms with Gasteiger partial charge in [-0.3, -0.25) is 4.79 Å². The third-order valence-electron chi connectivity index (χ3n) is 3.70. The maximum absolute atomic E-state index is 12.5. The molecule has 4 nitrogen and oxygen atoms in total. The predicted octanol–water partition coefficient (Wildman–Crippen LogP) is 2.44. The van der Waals surface area contributed by atoms with Crippen molar-refractivity contribution in [2.24, 2.45) is 5.92 Å². The van der Waals surface area contributed by atoms with Crippen LogP contribution in [0.2, 0.25) is 0 Å². The first-order chi connectivity index (χ1) is 9.20. The Morgan fingerprint density at radius 1 is 1.47 bits per heavy atom. The lowest BCUT2D eigenvalue weighted by molar-refractivity contribution is 0.0715. The Hall–Kier alpha value is -1.29. The molecule has 0 atom stereocenters. The molecule has 2 heterocycles. The Balaban J connectivity index is 1.99. The zero-order valence-corrected chi connectivity index (χ0v) is 11.9. The Morgan fingerprint density at radius 3 is 2.79 bits per heavy atom. The molecule has 1 aromatic heterocycles. The van der Waals surface area contributed by atoms with E-state index in [1.54, 1.807) is 6.26 Å². The summed E-state index contributed by atoms with van der Waals surface area (Å²) in [4.78, 5) is 14.5. The number of amides is 1. The largest absolute Gasteiger partial charge is 0.469 e. The van der Waals surface area contributed by atoms with Crippen molar-refractivity contribution >= 4 is 5.91 Å². The number of nitrogens with one attached hydrogen (secondary N) is 1. The zero-order valence-electron chi connectivity index (χ0n) is 11.9. The van der Waals surface area contributed by atoms with Crippen LogP contribution in [0.4, 0.5) is 0 Å². The van der Waals surface area contributed by atoms with Crippen LogP contribution in [0, 0.1) is 12.8 Å². The zero-order chi connectivity index (χ0) is 13.7. The Morgan fingerprint density at radius 2 is 2.21 bits per heavy atom. The van der Waals surface area contributed by atoms with Gasteiger partial charge in [-0.1, -0.05) is 6.92 Å². The summed E-state index contributed by atoms with van der Waals surface area (Å²) in [5.41, 5.74) is 0.680. The summed E-state index contributed by atoms with van der Waals surface area (Å²) in [6.45, 7) is 7.83. The minimum Gasteiger partial charge on any atom is -0.469 e. The monoisotopic (exact) mass is 264 g/mol. The van der Waals surface area contributed by atoms with Crippen molar-refractivity contribution in [1.29, 1.82) is 0 Å². The van der Waals surface area contributed by atoms with Crippen molar-refractivity contribution in [3.63, 3.8) is 0 Å². The summed E-state index contributed by atoms with van der Waals surface area (Å²) in [6.07, 6.45) is 4.89. The van der Waals surface area contributed by atoms with Gasteiger partial charge in [-0.05, 0) is 51.3 Å². The van der Waals surface area contributed by atoms with E-state index in [1.807, 2.05) is 17.9 Å². The van der Waals surface area contributed by atoms with Gasteiger partial charge in [-0.15, -0.1) is 0 Å². The smallest absolute Gasteiger partial charge is 0.257 e. The number of rotatable bonds is 5. The van der Waals surface area contributed by atoms with Gasteiger partial charge in [-0.2, -0.15) is 0 Å². The molecule has 1 aliphatic heterocycles. The number of piperidine rings is 1. The van der Waals surface area contributed by atoms with Gasteiger partial charge in [0.1, 0.15) is 12.0 Å². The molecule has 1 amide bonds. The van der Waals surface area contributed by atoms with Crippen LogP contribution in [0.15, 0.2) is 16.7 Å². The van der Waals surface area contributed by atoms with Gasteiger partial charge >= 0.3 is 0 Å². The molecule has 0 aliphatic carbocycles. The van der Waals surface area contributed by atoms with Crippen molar-refractivity contribution in [1.82, 2.24) is 10.2 Å². The quantitative estimate of drug-likeness (QED) is 0.888. The Kier molecular flexibility index (Phi) is 5.02. The van der Waals surface area contributed by atoms with E-state index >= 15 is 0 Å². The number of carbonyl (C=O) groups excluding carboxylic acids is 1. The Labute approximate surface area is 115 Å². The summed E-state index contributed by atoms with van der Waals surface area (Å²) in [7, 11) is 0. The van der Waals surface area contributed by atoms with Crippen LogP contribution >= 0.6 is 0 Å². The van der Waals surface area contributed by atoms with Gasteiger partial charge in [0, 0.05) is 13.1 Å². The molecule has 2 rings (SSSR count). The second-order valence-corrected chi connectivity index (χ2v) is 5.39. The number of hydrogen-bond donors (Lipinski definition) is 1. The standard InChI is InChI=1S/C15H24N2O2/c1-3-8-17(10-13-4-6-16-7-5-13)15(18)14-9-12(2)19-11-14/h9,11,13,16H,3-8,10H2,1-2H3. The molecule has 0 spiro atoms. The maximum Gasteiger partial charge on any atom is 0.257 e. The normalized spacial score (nSPS) is 16.5. The highest BCUT2D eigenvalue weighted by atomic mass is 16.3. The van der Waals surface area contributed by atoms with Gasteiger partial charge < -0.3 is 14.6 Å². The maximum atomic E-state index is 12.5. The van der Waals surface area contributed by atoms with Crippen LogP contribution in [0.5, 0.6) is 0 Å². The molecule has 0 saturated carbocycles. The van der Waals surface area contributed by atoms with Crippen LogP contribution in [0.3, 0.4) is 0 Å². The molecule has 0 unspecified atom stereocenters. The fourth-order valence-corrected chi connectivity index (χ4v) is 2.66. The van der Waals surface area contributed by atoms with Crippen LogP contribution < -0.4 is 5.32 Å². The second kappa shape index (κ2) is 6.75. The lowest BCUT2D eigenvalue weighted by Crippen LogP contribution is -2.39. The summed E-state index contributed by atoms with van der Waals surface area (Å²) in [5.74, 6) is 1.53. The molecule has 0 aromatic carbocycles. The predicted molar refractivity (Wildman–Crippen MR) is 75.2 cm³/mol. The molecular formula is C15H24N2O2. The van der Waals surface area contributed by atoms with Crippen molar-refractivity contribution in [3.8, 4) is 0 Å². The van der Waals surface area contributed by atoms with Crippen LogP contribution in [-0.2, 0) is 0 Å². The topological polar surface area (TPSA) is 45.5 Å². The fraction of sp³-hybridized carbons (Fsp3) is 0.667. The molecule has 19 heavy (non-hydrogen) atoms. The molecule has 1 aromatic rings. The van der Waals surface area contributed by atoms with Crippen LogP contribution in [-0.4, -0.2) is 37.0 Å². The van der Waals surface area contributed by atoms with E-state index in [2.05, 4.69) is 12.2 Å². The first kappa shape index (κ1) is 14.1. The first-order valence-electron chi connectivity index (χ1n) is 7.25. The highest BCUT2D eigenvalue weighted by molar-refractivity contribution is 5.94. The number of hydrogen-bond acceptors (Lipinski definition) is 3. The third kappa shape index (κ3) is 3.83. The van der Waals surface area contributed by atoms with E-state index in [0.29, 0.717) is 11.5 Å². The Bertz CT molecular complexity index is 408. The van der Waals surface area contributed by atoms with E-state index in [4.69, 9.17) is 4.42 Å². The number of nitrogens with zero attached hydrogens (tertiary/aromatic N) is 1. The van der Waals surface area contributed by atoms with E-state index in [1.165, 1.54) is 0 Å². The molecule has 1 aliphatic rings. The summed E-state index contributed by atoms with van der Waals surface area (Å²) in [6, 6.07) is 1.83. The van der Waals surface area contributed by atoms with Crippen molar-refractivity contribution in [2.75, 3.05) is 26.2 Å².